The summed E-state index contributed by atoms with van der Waals surface area (Å²) in [7, 11) is 0. The number of rotatable bonds is 8. The van der Waals surface area contributed by atoms with Crippen molar-refractivity contribution in [3.8, 4) is 0 Å². The van der Waals surface area contributed by atoms with Crippen molar-refractivity contribution in [2.45, 2.75) is 38.4 Å². The van der Waals surface area contributed by atoms with Gasteiger partial charge in [0.05, 0.1) is 25.1 Å². The summed E-state index contributed by atoms with van der Waals surface area (Å²) in [5.41, 5.74) is 1.21. The van der Waals surface area contributed by atoms with Crippen LogP contribution in [-0.2, 0) is 19.1 Å². The molecule has 2 rings (SSSR count). The second-order valence-corrected chi connectivity index (χ2v) is 6.91. The predicted molar refractivity (Wildman–Crippen MR) is 104 cm³/mol. The van der Waals surface area contributed by atoms with Crippen LogP contribution in [0.4, 0.5) is 5.69 Å². The molecule has 1 aromatic rings. The third-order valence-electron chi connectivity index (χ3n) is 3.61. The lowest BCUT2D eigenvalue weighted by Crippen LogP contribution is -2.32. The van der Waals surface area contributed by atoms with Crippen molar-refractivity contribution in [2.24, 2.45) is 10.2 Å². The summed E-state index contributed by atoms with van der Waals surface area (Å²) < 4.78 is 4.87. The Balaban J connectivity index is 2.18. The highest BCUT2D eigenvalue weighted by Crippen LogP contribution is 2.33. The van der Waals surface area contributed by atoms with Crippen LogP contribution in [0.1, 0.15) is 33.1 Å². The van der Waals surface area contributed by atoms with Gasteiger partial charge in [0.25, 0.3) is 0 Å². The Kier molecular flexibility index (Phi) is 7.54. The highest BCUT2D eigenvalue weighted by atomic mass is 32.2. The van der Waals surface area contributed by atoms with E-state index in [-0.39, 0.29) is 24.7 Å². The summed E-state index contributed by atoms with van der Waals surface area (Å²) >= 11 is 1.07. The van der Waals surface area contributed by atoms with Crippen molar-refractivity contribution in [3.05, 3.63) is 30.3 Å². The number of amidine groups is 1. The van der Waals surface area contributed by atoms with Crippen LogP contribution in [0.5, 0.6) is 0 Å². The van der Waals surface area contributed by atoms with E-state index in [0.717, 1.165) is 11.8 Å². The number of ether oxygens (including phenoxy) is 1. The van der Waals surface area contributed by atoms with Crippen molar-refractivity contribution >= 4 is 46.2 Å². The smallest absolute Gasteiger partial charge is 0.306 e. The van der Waals surface area contributed by atoms with E-state index in [2.05, 4.69) is 10.2 Å². The van der Waals surface area contributed by atoms with Gasteiger partial charge in [-0.3, -0.25) is 19.3 Å². The van der Waals surface area contributed by atoms with E-state index >= 15 is 0 Å². The van der Waals surface area contributed by atoms with E-state index in [4.69, 9.17) is 9.84 Å². The van der Waals surface area contributed by atoms with Crippen LogP contribution in [0.3, 0.4) is 0 Å². The number of carboxylic acid groups (broad SMARTS) is 1. The van der Waals surface area contributed by atoms with Crippen LogP contribution >= 0.6 is 11.8 Å². The Hall–Kier alpha value is -2.68. The molecule has 1 N–H and O–H groups in total. The molecule has 0 radical (unpaired) electrons. The summed E-state index contributed by atoms with van der Waals surface area (Å²) in [5, 5.41) is 16.8. The summed E-state index contributed by atoms with van der Waals surface area (Å²) in [6, 6.07) is 8.87. The minimum absolute atomic E-state index is 0.199. The van der Waals surface area contributed by atoms with E-state index < -0.39 is 11.2 Å². The molecule has 0 aliphatic carbocycles. The highest BCUT2D eigenvalue weighted by molar-refractivity contribution is 8.16. The molecule has 0 spiro atoms. The topological polar surface area (TPSA) is 109 Å². The second kappa shape index (κ2) is 9.86. The number of hydrogen-bond acceptors (Lipinski definition) is 7. The number of esters is 1. The fourth-order valence-corrected chi connectivity index (χ4v) is 3.41. The van der Waals surface area contributed by atoms with Crippen LogP contribution in [0, 0.1) is 0 Å². The Labute approximate surface area is 161 Å². The van der Waals surface area contributed by atoms with E-state index in [9.17, 15) is 14.4 Å². The van der Waals surface area contributed by atoms with Crippen molar-refractivity contribution in [2.75, 3.05) is 11.5 Å². The van der Waals surface area contributed by atoms with Gasteiger partial charge in [-0.1, -0.05) is 30.0 Å². The molecular weight excluding hydrogens is 370 g/mol. The largest absolute Gasteiger partial charge is 0.481 e. The van der Waals surface area contributed by atoms with Gasteiger partial charge in [-0.05, 0) is 32.4 Å². The fraction of sp³-hybridized carbons (Fsp3) is 0.389. The van der Waals surface area contributed by atoms with Crippen molar-refractivity contribution in [1.29, 1.82) is 0 Å². The zero-order chi connectivity index (χ0) is 19.8. The van der Waals surface area contributed by atoms with Gasteiger partial charge in [-0.25, -0.2) is 0 Å². The number of carbonyl (C=O) groups excluding carboxylic acids is 2. The first-order valence-corrected chi connectivity index (χ1v) is 9.34. The Bertz CT molecular complexity index is 764. The van der Waals surface area contributed by atoms with Crippen molar-refractivity contribution in [3.63, 3.8) is 0 Å². The van der Waals surface area contributed by atoms with Gasteiger partial charge in [0, 0.05) is 5.71 Å². The third-order valence-corrected chi connectivity index (χ3v) is 4.74. The van der Waals surface area contributed by atoms with Gasteiger partial charge in [0.15, 0.2) is 5.17 Å². The molecule has 1 aliphatic rings. The zero-order valence-electron chi connectivity index (χ0n) is 15.1. The first kappa shape index (κ1) is 20.6. The number of anilines is 1. The maximum absolute atomic E-state index is 12.6. The van der Waals surface area contributed by atoms with Crippen LogP contribution in [0.15, 0.2) is 40.5 Å². The fourth-order valence-electron chi connectivity index (χ4n) is 2.33. The van der Waals surface area contributed by atoms with Gasteiger partial charge in [0.1, 0.15) is 5.25 Å². The predicted octanol–water partition coefficient (Wildman–Crippen LogP) is 2.68. The molecule has 27 heavy (non-hydrogen) atoms. The summed E-state index contributed by atoms with van der Waals surface area (Å²) in [5.74, 6) is -1.70. The van der Waals surface area contributed by atoms with E-state index in [1.54, 1.807) is 38.1 Å². The lowest BCUT2D eigenvalue weighted by atomic mass is 10.2. The van der Waals surface area contributed by atoms with Crippen molar-refractivity contribution in [1.82, 2.24) is 0 Å². The molecule has 1 aliphatic heterocycles. The zero-order valence-corrected chi connectivity index (χ0v) is 15.9. The molecule has 0 aromatic heterocycles. The van der Waals surface area contributed by atoms with Crippen LogP contribution in [-0.4, -0.2) is 45.7 Å². The number of nitrogens with zero attached hydrogens (tertiary/aromatic N) is 3. The second-order valence-electron chi connectivity index (χ2n) is 5.74. The molecule has 1 heterocycles. The third kappa shape index (κ3) is 5.92. The summed E-state index contributed by atoms with van der Waals surface area (Å²) in [6.07, 6.45) is 0.291. The number of para-hydroxylation sites is 1. The summed E-state index contributed by atoms with van der Waals surface area (Å²) in [6.45, 7) is 3.80. The van der Waals surface area contributed by atoms with Gasteiger partial charge >= 0.3 is 11.9 Å². The van der Waals surface area contributed by atoms with E-state index in [1.807, 2.05) is 6.07 Å². The normalized spacial score (nSPS) is 18.8. The van der Waals surface area contributed by atoms with Gasteiger partial charge in [-0.15, -0.1) is 5.10 Å². The molecule has 1 saturated heterocycles. The number of aliphatic carboxylic acids is 1. The molecule has 0 saturated carbocycles. The first-order valence-electron chi connectivity index (χ1n) is 8.46. The van der Waals surface area contributed by atoms with E-state index in [1.165, 1.54) is 4.90 Å². The summed E-state index contributed by atoms with van der Waals surface area (Å²) in [4.78, 5) is 36.4. The monoisotopic (exact) mass is 391 g/mol. The molecule has 1 atom stereocenters. The molecule has 1 unspecified atom stereocenters. The molecular formula is C18H21N3O5S. The molecule has 9 heteroatoms. The number of amides is 1. The minimum Gasteiger partial charge on any atom is -0.481 e. The first-order chi connectivity index (χ1) is 12.9. The number of carboxylic acids is 1. The lowest BCUT2D eigenvalue weighted by Gasteiger charge is -2.15. The average Bonchev–Trinajstić information content (AvgIpc) is 2.94. The Morgan fingerprint density at radius 2 is 1.96 bits per heavy atom. The van der Waals surface area contributed by atoms with E-state index in [0.29, 0.717) is 29.6 Å². The van der Waals surface area contributed by atoms with Gasteiger partial charge in [-0.2, -0.15) is 5.10 Å². The van der Waals surface area contributed by atoms with Crippen LogP contribution in [0.2, 0.25) is 0 Å². The lowest BCUT2D eigenvalue weighted by molar-refractivity contribution is -0.143. The Morgan fingerprint density at radius 1 is 1.26 bits per heavy atom. The Morgan fingerprint density at radius 3 is 2.59 bits per heavy atom. The molecule has 1 aromatic carbocycles. The molecule has 8 nitrogen and oxygen atoms in total. The van der Waals surface area contributed by atoms with Gasteiger partial charge < -0.3 is 9.84 Å². The van der Waals surface area contributed by atoms with Gasteiger partial charge in [0.2, 0.25) is 5.91 Å². The quantitative estimate of drug-likeness (QED) is 0.415. The highest BCUT2D eigenvalue weighted by Gasteiger charge is 2.40. The standard InChI is InChI=1S/C18H21N3O5S/c1-3-26-16(24)10-9-12(2)19-20-18-21(13-7-5-4-6-8-13)17(25)14(27-18)11-15(22)23/h4-8,14H,3,9-11H2,1-2H3,(H,22,23)/b19-12-,20-18+. The molecule has 144 valence electrons. The maximum Gasteiger partial charge on any atom is 0.306 e. The van der Waals surface area contributed by atoms with Crippen LogP contribution in [0.25, 0.3) is 0 Å². The number of thioether (sulfide) groups is 1. The average molecular weight is 391 g/mol. The SMILES string of the molecule is CCOC(=O)CC/C(C)=N\N=C1\SC(CC(=O)O)C(=O)N1c1ccccc1. The molecule has 0 bridgehead atoms. The number of hydrogen-bond donors (Lipinski definition) is 1. The number of benzene rings is 1. The molecule has 1 fully saturated rings. The minimum atomic E-state index is -1.05. The van der Waals surface area contributed by atoms with Crippen LogP contribution < -0.4 is 4.90 Å². The van der Waals surface area contributed by atoms with Crippen molar-refractivity contribution < 1.29 is 24.2 Å². The molecule has 1 amide bonds. The maximum atomic E-state index is 12.6. The number of carbonyl (C=O) groups is 3.